The van der Waals surface area contributed by atoms with Gasteiger partial charge in [-0.05, 0) is 47.9 Å². The van der Waals surface area contributed by atoms with E-state index >= 15 is 0 Å². The van der Waals surface area contributed by atoms with Crippen molar-refractivity contribution in [2.75, 3.05) is 6.54 Å². The first-order valence-corrected chi connectivity index (χ1v) is 12.3. The van der Waals surface area contributed by atoms with Gasteiger partial charge < -0.3 is 10.2 Å². The van der Waals surface area contributed by atoms with Gasteiger partial charge in [0.05, 0.1) is 26.5 Å². The number of hydrogen-bond donors (Lipinski definition) is 1. The van der Waals surface area contributed by atoms with Crippen LogP contribution in [0.25, 0.3) is 0 Å². The molecule has 0 fully saturated rings. The van der Waals surface area contributed by atoms with E-state index in [9.17, 15) is 9.59 Å². The number of amides is 2. The molecule has 0 unspecified atom stereocenters. The molecule has 0 aromatic heterocycles. The van der Waals surface area contributed by atoms with Crippen molar-refractivity contribution in [1.82, 2.24) is 10.2 Å². The second kappa shape index (κ2) is 12.5. The van der Waals surface area contributed by atoms with Crippen molar-refractivity contribution < 1.29 is 9.59 Å². The van der Waals surface area contributed by atoms with Crippen molar-refractivity contribution in [3.8, 4) is 0 Å². The lowest BCUT2D eigenvalue weighted by atomic mass is 10.0. The highest BCUT2D eigenvalue weighted by Gasteiger charge is 2.30. The number of carbonyl (C=O) groups excluding carboxylic acids is 2. The second-order valence-corrected chi connectivity index (χ2v) is 9.42. The Balaban J connectivity index is 1.98. The van der Waals surface area contributed by atoms with Crippen molar-refractivity contribution in [3.63, 3.8) is 0 Å². The van der Waals surface area contributed by atoms with Gasteiger partial charge in [0, 0.05) is 19.5 Å². The highest BCUT2D eigenvalue weighted by molar-refractivity contribution is 6.42. The van der Waals surface area contributed by atoms with E-state index in [1.54, 1.807) is 41.3 Å². The number of halogens is 4. The zero-order valence-electron chi connectivity index (χ0n) is 18.5. The Kier molecular flexibility index (Phi) is 9.66. The fourth-order valence-corrected chi connectivity index (χ4v) is 4.25. The van der Waals surface area contributed by atoms with Crippen molar-refractivity contribution >= 4 is 58.2 Å². The summed E-state index contributed by atoms with van der Waals surface area (Å²) in [4.78, 5) is 28.4. The number of likely N-dealkylation sites (N-methyl/N-ethyl adjacent to an activating group) is 1. The molecule has 0 spiro atoms. The Labute approximate surface area is 219 Å². The average molecular weight is 538 g/mol. The molecule has 0 aliphatic rings. The Morgan fingerprint density at radius 3 is 1.97 bits per heavy atom. The topological polar surface area (TPSA) is 49.4 Å². The molecule has 0 radical (unpaired) electrons. The minimum atomic E-state index is -0.730. The number of nitrogens with one attached hydrogen (secondary N) is 1. The van der Waals surface area contributed by atoms with Gasteiger partial charge in [-0.3, -0.25) is 9.59 Å². The molecule has 0 aliphatic carbocycles. The van der Waals surface area contributed by atoms with Crippen LogP contribution in [0.5, 0.6) is 0 Å². The minimum Gasteiger partial charge on any atom is -0.355 e. The first-order valence-electron chi connectivity index (χ1n) is 10.8. The molecule has 0 saturated heterocycles. The minimum absolute atomic E-state index is 0.0584. The first kappa shape index (κ1) is 26.4. The molecular formula is C26H24Cl4N2O2. The summed E-state index contributed by atoms with van der Waals surface area (Å²) in [7, 11) is 0. The Morgan fingerprint density at radius 1 is 0.794 bits per heavy atom. The normalized spacial score (nSPS) is 11.7. The third-order valence-electron chi connectivity index (χ3n) is 5.30. The van der Waals surface area contributed by atoms with Gasteiger partial charge in [0.1, 0.15) is 6.04 Å². The molecule has 1 atom stereocenters. The van der Waals surface area contributed by atoms with Crippen LogP contribution in [0.15, 0.2) is 66.7 Å². The van der Waals surface area contributed by atoms with Gasteiger partial charge in [-0.1, -0.05) is 88.9 Å². The molecule has 1 N–H and O–H groups in total. The summed E-state index contributed by atoms with van der Waals surface area (Å²) in [5.74, 6) is -0.453. The molecule has 2 amide bonds. The van der Waals surface area contributed by atoms with E-state index in [2.05, 4.69) is 5.32 Å². The largest absolute Gasteiger partial charge is 0.355 e. The van der Waals surface area contributed by atoms with Crippen LogP contribution in [-0.2, 0) is 29.0 Å². The Bertz CT molecular complexity index is 1150. The Hall–Kier alpha value is -2.24. The maximum Gasteiger partial charge on any atom is 0.243 e. The standard InChI is InChI=1S/C26H24Cl4N2O2/c1-2-31-26(34)24(14-17-6-4-3-5-7-17)32(16-19-9-11-21(28)23(30)13-19)25(33)15-18-8-10-20(27)22(29)12-18/h3-13,24H,2,14-16H2,1H3,(H,31,34)/t24-/m1/s1. The van der Waals surface area contributed by atoms with Crippen LogP contribution in [0.1, 0.15) is 23.6 Å². The van der Waals surface area contributed by atoms with Crippen molar-refractivity contribution in [3.05, 3.63) is 104 Å². The first-order chi connectivity index (χ1) is 16.3. The fraction of sp³-hybridized carbons (Fsp3) is 0.231. The highest BCUT2D eigenvalue weighted by atomic mass is 35.5. The van der Waals surface area contributed by atoms with Gasteiger partial charge in [0.25, 0.3) is 0 Å². The summed E-state index contributed by atoms with van der Waals surface area (Å²) >= 11 is 24.5. The molecule has 8 heteroatoms. The maximum atomic E-state index is 13.6. The van der Waals surface area contributed by atoms with Gasteiger partial charge in [0.2, 0.25) is 11.8 Å². The number of rotatable bonds is 9. The number of nitrogens with zero attached hydrogens (tertiary/aromatic N) is 1. The maximum absolute atomic E-state index is 13.6. The summed E-state index contributed by atoms with van der Waals surface area (Å²) < 4.78 is 0. The molecule has 0 bridgehead atoms. The van der Waals surface area contributed by atoms with Crippen LogP contribution in [0.4, 0.5) is 0 Å². The summed E-state index contributed by atoms with van der Waals surface area (Å²) in [5, 5.41) is 4.45. The third-order valence-corrected chi connectivity index (χ3v) is 6.78. The summed E-state index contributed by atoms with van der Waals surface area (Å²) in [5.41, 5.74) is 2.41. The molecule has 3 aromatic carbocycles. The van der Waals surface area contributed by atoms with Gasteiger partial charge in [-0.25, -0.2) is 0 Å². The van der Waals surface area contributed by atoms with E-state index in [-0.39, 0.29) is 24.8 Å². The van der Waals surface area contributed by atoms with E-state index in [1.165, 1.54) is 0 Å². The molecule has 3 rings (SSSR count). The number of carbonyl (C=O) groups is 2. The molecule has 0 aliphatic heterocycles. The molecule has 0 heterocycles. The van der Waals surface area contributed by atoms with Gasteiger partial charge in [0.15, 0.2) is 0 Å². The lowest BCUT2D eigenvalue weighted by molar-refractivity contribution is -0.140. The molecule has 34 heavy (non-hydrogen) atoms. The molecule has 178 valence electrons. The van der Waals surface area contributed by atoms with E-state index in [0.29, 0.717) is 38.6 Å². The monoisotopic (exact) mass is 536 g/mol. The fourth-order valence-electron chi connectivity index (χ4n) is 3.61. The SMILES string of the molecule is CCNC(=O)[C@@H](Cc1ccccc1)N(Cc1ccc(Cl)c(Cl)c1)C(=O)Cc1ccc(Cl)c(Cl)c1. The molecule has 0 saturated carbocycles. The molecule has 4 nitrogen and oxygen atoms in total. The Morgan fingerprint density at radius 2 is 1.38 bits per heavy atom. The van der Waals surface area contributed by atoms with Crippen LogP contribution in [0, 0.1) is 0 Å². The van der Waals surface area contributed by atoms with Gasteiger partial charge >= 0.3 is 0 Å². The van der Waals surface area contributed by atoms with Crippen LogP contribution >= 0.6 is 46.4 Å². The van der Waals surface area contributed by atoms with Gasteiger partial charge in [-0.2, -0.15) is 0 Å². The smallest absolute Gasteiger partial charge is 0.243 e. The van der Waals surface area contributed by atoms with E-state index in [1.807, 2.05) is 37.3 Å². The van der Waals surface area contributed by atoms with Crippen LogP contribution in [0.3, 0.4) is 0 Å². The quantitative estimate of drug-likeness (QED) is 0.333. The van der Waals surface area contributed by atoms with E-state index in [0.717, 1.165) is 11.1 Å². The molecule has 3 aromatic rings. The van der Waals surface area contributed by atoms with Crippen molar-refractivity contribution in [1.29, 1.82) is 0 Å². The second-order valence-electron chi connectivity index (χ2n) is 7.80. The third kappa shape index (κ3) is 7.13. The predicted octanol–water partition coefficient (Wildman–Crippen LogP) is 6.62. The average Bonchev–Trinajstić information content (AvgIpc) is 2.81. The lowest BCUT2D eigenvalue weighted by Gasteiger charge is -2.31. The summed E-state index contributed by atoms with van der Waals surface area (Å²) in [6, 6.07) is 19.1. The lowest BCUT2D eigenvalue weighted by Crippen LogP contribution is -2.50. The zero-order valence-corrected chi connectivity index (χ0v) is 21.6. The summed E-state index contributed by atoms with van der Waals surface area (Å²) in [6.45, 7) is 2.48. The van der Waals surface area contributed by atoms with Gasteiger partial charge in [-0.15, -0.1) is 0 Å². The van der Waals surface area contributed by atoms with Crippen molar-refractivity contribution in [2.24, 2.45) is 0 Å². The van der Waals surface area contributed by atoms with Crippen LogP contribution in [-0.4, -0.2) is 29.3 Å². The number of benzene rings is 3. The molecular weight excluding hydrogens is 514 g/mol. The van der Waals surface area contributed by atoms with Crippen LogP contribution in [0.2, 0.25) is 20.1 Å². The highest BCUT2D eigenvalue weighted by Crippen LogP contribution is 2.26. The summed E-state index contributed by atoms with van der Waals surface area (Å²) in [6.07, 6.45) is 0.421. The predicted molar refractivity (Wildman–Crippen MR) is 140 cm³/mol. The van der Waals surface area contributed by atoms with Crippen molar-refractivity contribution in [2.45, 2.75) is 32.4 Å². The zero-order chi connectivity index (χ0) is 24.7. The number of hydrogen-bond acceptors (Lipinski definition) is 2. The van der Waals surface area contributed by atoms with E-state index < -0.39 is 6.04 Å². The van der Waals surface area contributed by atoms with E-state index in [4.69, 9.17) is 46.4 Å². The van der Waals surface area contributed by atoms with Crippen LogP contribution < -0.4 is 5.32 Å².